The van der Waals surface area contributed by atoms with E-state index in [0.29, 0.717) is 12.8 Å². The number of ether oxygens (including phenoxy) is 1. The van der Waals surface area contributed by atoms with E-state index in [2.05, 4.69) is 53.5 Å². The normalized spacial score (nSPS) is 11.3. The van der Waals surface area contributed by atoms with Crippen LogP contribution in [0.15, 0.2) is 24.3 Å². The number of carbonyl (C=O) groups excluding carboxylic acids is 2. The minimum atomic E-state index is -0.342. The summed E-state index contributed by atoms with van der Waals surface area (Å²) in [6.07, 6.45) is 42.2. The number of rotatable bonds is 36. The van der Waals surface area contributed by atoms with Crippen LogP contribution in [0.25, 0.3) is 0 Å². The highest BCUT2D eigenvalue weighted by Crippen LogP contribution is 2.12. The van der Waals surface area contributed by atoms with Crippen LogP contribution < -0.4 is 5.64 Å². The molecule has 0 radical (unpaired) electrons. The smallest absolute Gasteiger partial charge is 0.313 e. The van der Waals surface area contributed by atoms with Gasteiger partial charge in [-0.1, -0.05) is 147 Å². The van der Waals surface area contributed by atoms with Crippen LogP contribution in [0.2, 0.25) is 0 Å². The summed E-state index contributed by atoms with van der Waals surface area (Å²) >= 11 is 0. The molecule has 0 saturated heterocycles. The summed E-state index contributed by atoms with van der Waals surface area (Å²) in [4.78, 5) is 32.7. The molecule has 8 heteroatoms. The van der Waals surface area contributed by atoms with Crippen LogP contribution in [0.4, 0.5) is 0 Å². The summed E-state index contributed by atoms with van der Waals surface area (Å²) in [5, 5.41) is 16.3. The van der Waals surface area contributed by atoms with Crippen molar-refractivity contribution >= 4 is 11.9 Å². The van der Waals surface area contributed by atoms with Crippen molar-refractivity contribution in [1.29, 1.82) is 0 Å². The van der Waals surface area contributed by atoms with Gasteiger partial charge in [0, 0.05) is 12.8 Å². The van der Waals surface area contributed by atoms with Crippen LogP contribution in [0, 0.1) is 0 Å². The Morgan fingerprint density at radius 3 is 1.06 bits per heavy atom. The zero-order valence-corrected chi connectivity index (χ0v) is 31.4. The predicted molar refractivity (Wildman–Crippen MR) is 199 cm³/mol. The van der Waals surface area contributed by atoms with Crippen LogP contribution >= 0.6 is 0 Å². The number of nitrogens with one attached hydrogen (secondary N) is 1. The fourth-order valence-corrected chi connectivity index (χ4v) is 5.13. The minimum absolute atomic E-state index is 0.0600. The van der Waals surface area contributed by atoms with E-state index in [0.717, 1.165) is 38.5 Å². The minimum Gasteiger partial charge on any atom is -0.394 e. The standard InChI is InChI=1S/C36H66O3.C4H11NO4/c1-3-5-7-9-11-13-15-17-19-21-23-25-27-29-31-33-35(37)39-36(38)34-32-30-28-26-24-22-20-18-16-14-12-10-8-6-4-2;6-1-3-8-5-9-4-2-7/h17-20H,3-16,21-34H2,1-2H3;5-7H,1-4H2. The van der Waals surface area contributed by atoms with Gasteiger partial charge < -0.3 is 14.9 Å². The molecule has 0 aliphatic heterocycles. The molecule has 0 aliphatic rings. The molecule has 0 amide bonds. The van der Waals surface area contributed by atoms with E-state index in [1.807, 2.05) is 0 Å². The molecule has 0 aliphatic carbocycles. The van der Waals surface area contributed by atoms with Gasteiger partial charge in [-0.15, -0.1) is 0 Å². The third kappa shape index (κ3) is 46.5. The molecule has 0 aromatic heterocycles. The van der Waals surface area contributed by atoms with Crippen LogP contribution in [-0.2, 0) is 24.0 Å². The van der Waals surface area contributed by atoms with Gasteiger partial charge in [-0.05, 0) is 64.2 Å². The monoisotopic (exact) mass is 684 g/mol. The largest absolute Gasteiger partial charge is 0.394 e. The van der Waals surface area contributed by atoms with E-state index in [1.54, 1.807) is 0 Å². The lowest BCUT2D eigenvalue weighted by molar-refractivity contribution is -0.178. The Kier molecular flexibility index (Phi) is 45.9. The number of unbranched alkanes of at least 4 members (excludes halogenated alkanes) is 22. The predicted octanol–water partition coefficient (Wildman–Crippen LogP) is 10.6. The third-order valence-corrected chi connectivity index (χ3v) is 8.02. The summed E-state index contributed by atoms with van der Waals surface area (Å²) in [7, 11) is 0. The van der Waals surface area contributed by atoms with E-state index < -0.39 is 0 Å². The molecule has 0 aromatic rings. The summed E-state index contributed by atoms with van der Waals surface area (Å²) in [6.45, 7) is 4.75. The zero-order valence-electron chi connectivity index (χ0n) is 31.4. The first-order valence-electron chi connectivity index (χ1n) is 19.9. The molecule has 8 nitrogen and oxygen atoms in total. The van der Waals surface area contributed by atoms with E-state index in [4.69, 9.17) is 14.9 Å². The first-order valence-corrected chi connectivity index (χ1v) is 19.9. The molecule has 0 spiro atoms. The van der Waals surface area contributed by atoms with E-state index in [9.17, 15) is 9.59 Å². The van der Waals surface area contributed by atoms with Crippen LogP contribution in [-0.4, -0.2) is 48.6 Å². The Morgan fingerprint density at radius 1 is 0.458 bits per heavy atom. The molecule has 284 valence electrons. The molecule has 0 bridgehead atoms. The molecule has 0 fully saturated rings. The number of esters is 2. The molecule has 0 atom stereocenters. The van der Waals surface area contributed by atoms with Gasteiger partial charge in [-0.3, -0.25) is 19.3 Å². The quantitative estimate of drug-likeness (QED) is 0.0197. The molecule has 0 rings (SSSR count). The van der Waals surface area contributed by atoms with Gasteiger partial charge in [0.25, 0.3) is 0 Å². The Morgan fingerprint density at radius 2 is 0.750 bits per heavy atom. The van der Waals surface area contributed by atoms with Gasteiger partial charge in [0.2, 0.25) is 0 Å². The summed E-state index contributed by atoms with van der Waals surface area (Å²) in [6, 6.07) is 0. The van der Waals surface area contributed by atoms with Crippen molar-refractivity contribution in [3.63, 3.8) is 0 Å². The molecular formula is C40H77NO7. The lowest BCUT2D eigenvalue weighted by atomic mass is 10.1. The lowest BCUT2D eigenvalue weighted by Gasteiger charge is -2.04. The van der Waals surface area contributed by atoms with Crippen molar-refractivity contribution in [1.82, 2.24) is 5.64 Å². The second kappa shape index (κ2) is 45.4. The van der Waals surface area contributed by atoms with Crippen molar-refractivity contribution in [2.24, 2.45) is 0 Å². The first-order chi connectivity index (χ1) is 23.6. The van der Waals surface area contributed by atoms with E-state index in [1.165, 1.54) is 128 Å². The fraction of sp³-hybridized carbons (Fsp3) is 0.850. The highest BCUT2D eigenvalue weighted by molar-refractivity contribution is 5.85. The van der Waals surface area contributed by atoms with Gasteiger partial charge in [-0.25, -0.2) is 0 Å². The van der Waals surface area contributed by atoms with Crippen molar-refractivity contribution in [2.75, 3.05) is 26.4 Å². The second-order valence-electron chi connectivity index (χ2n) is 12.7. The van der Waals surface area contributed by atoms with Crippen molar-refractivity contribution in [2.45, 2.75) is 194 Å². The number of allylic oxidation sites excluding steroid dienone is 4. The van der Waals surface area contributed by atoms with Gasteiger partial charge in [0.05, 0.1) is 26.4 Å². The van der Waals surface area contributed by atoms with E-state index >= 15 is 0 Å². The summed E-state index contributed by atoms with van der Waals surface area (Å²) < 4.78 is 4.99. The lowest BCUT2D eigenvalue weighted by Crippen LogP contribution is -2.19. The maximum absolute atomic E-state index is 11.9. The highest BCUT2D eigenvalue weighted by Gasteiger charge is 2.09. The van der Waals surface area contributed by atoms with Gasteiger partial charge in [0.15, 0.2) is 0 Å². The zero-order chi connectivity index (χ0) is 35.4. The number of aliphatic hydroxyl groups excluding tert-OH is 2. The Bertz CT molecular complexity index is 643. The molecule has 48 heavy (non-hydrogen) atoms. The Balaban J connectivity index is 0. The number of hydrogen-bond acceptors (Lipinski definition) is 8. The van der Waals surface area contributed by atoms with Gasteiger partial charge in [0.1, 0.15) is 0 Å². The SMILES string of the molecule is CCCCCCCCC=CCCCCCCCC(=O)OC(=O)CCCCCCCC=CCCCCCCCC.OCCONOCCO. The van der Waals surface area contributed by atoms with Crippen molar-refractivity contribution < 1.29 is 34.2 Å². The van der Waals surface area contributed by atoms with Crippen LogP contribution in [0.5, 0.6) is 0 Å². The fourth-order valence-electron chi connectivity index (χ4n) is 5.13. The number of hydrogen-bond donors (Lipinski definition) is 3. The molecule has 0 aromatic carbocycles. The maximum Gasteiger partial charge on any atom is 0.313 e. The van der Waals surface area contributed by atoms with Crippen LogP contribution in [0.1, 0.15) is 194 Å². The van der Waals surface area contributed by atoms with Crippen LogP contribution in [0.3, 0.4) is 0 Å². The Hall–Kier alpha value is -1.58. The molecule has 0 unspecified atom stereocenters. The van der Waals surface area contributed by atoms with Crippen molar-refractivity contribution in [3.8, 4) is 0 Å². The van der Waals surface area contributed by atoms with Crippen molar-refractivity contribution in [3.05, 3.63) is 24.3 Å². The molecular weight excluding hydrogens is 606 g/mol. The average Bonchev–Trinajstić information content (AvgIpc) is 3.08. The summed E-state index contributed by atoms with van der Waals surface area (Å²) in [5.41, 5.74) is 2.07. The molecule has 0 saturated carbocycles. The maximum atomic E-state index is 11.9. The second-order valence-corrected chi connectivity index (χ2v) is 12.7. The Labute approximate surface area is 295 Å². The average molecular weight is 684 g/mol. The van der Waals surface area contributed by atoms with Gasteiger partial charge >= 0.3 is 11.9 Å². The number of aliphatic hydroxyl groups is 2. The number of carbonyl (C=O) groups is 2. The molecule has 3 N–H and O–H groups in total. The topological polar surface area (TPSA) is 114 Å². The third-order valence-electron chi connectivity index (χ3n) is 8.02. The molecule has 0 heterocycles. The summed E-state index contributed by atoms with van der Waals surface area (Å²) in [5.74, 6) is -0.684. The first kappa shape index (κ1) is 48.5. The van der Waals surface area contributed by atoms with Gasteiger partial charge in [-0.2, -0.15) is 0 Å². The van der Waals surface area contributed by atoms with E-state index in [-0.39, 0.29) is 38.4 Å². The highest BCUT2D eigenvalue weighted by atomic mass is 16.9.